The van der Waals surface area contributed by atoms with E-state index in [1.807, 2.05) is 42.5 Å². The van der Waals surface area contributed by atoms with Gasteiger partial charge < -0.3 is 4.74 Å². The third kappa shape index (κ3) is 5.34. The molecule has 3 aromatic rings. The first-order valence-electron chi connectivity index (χ1n) is 9.62. The number of para-hydroxylation sites is 1. The largest absolute Gasteiger partial charge is 0.457 e. The summed E-state index contributed by atoms with van der Waals surface area (Å²) in [6.45, 7) is 8.48. The molecule has 0 fully saturated rings. The maximum absolute atomic E-state index is 5.95. The van der Waals surface area contributed by atoms with E-state index in [2.05, 4.69) is 62.9 Å². The van der Waals surface area contributed by atoms with Gasteiger partial charge in [-0.15, -0.1) is 0 Å². The summed E-state index contributed by atoms with van der Waals surface area (Å²) in [6, 6.07) is 27.1. The number of ether oxygens (including phenoxy) is 1. The summed E-state index contributed by atoms with van der Waals surface area (Å²) >= 11 is 0. The van der Waals surface area contributed by atoms with Gasteiger partial charge >= 0.3 is 0 Å². The minimum atomic E-state index is 0.165. The molecule has 0 atom stereocenters. The van der Waals surface area contributed by atoms with Crippen molar-refractivity contribution in [2.24, 2.45) is 0 Å². The summed E-state index contributed by atoms with van der Waals surface area (Å²) in [5.74, 6) is 1.77. The lowest BCUT2D eigenvalue weighted by Crippen LogP contribution is -2.17. The zero-order chi connectivity index (χ0) is 19.1. The summed E-state index contributed by atoms with van der Waals surface area (Å²) in [5.41, 5.74) is 4.04. The highest BCUT2D eigenvalue weighted by Crippen LogP contribution is 2.30. The van der Waals surface area contributed by atoms with E-state index in [1.165, 1.54) is 16.7 Å². The fourth-order valence-electron chi connectivity index (χ4n) is 3.34. The third-order valence-corrected chi connectivity index (χ3v) is 5.07. The Morgan fingerprint density at radius 1 is 0.852 bits per heavy atom. The van der Waals surface area contributed by atoms with Gasteiger partial charge in [-0.05, 0) is 65.6 Å². The summed E-state index contributed by atoms with van der Waals surface area (Å²) in [7, 11) is 0. The van der Waals surface area contributed by atoms with E-state index in [9.17, 15) is 0 Å². The van der Waals surface area contributed by atoms with Crippen molar-refractivity contribution >= 4 is 6.08 Å². The van der Waals surface area contributed by atoms with Crippen LogP contribution in [0.1, 0.15) is 43.4 Å². The molecule has 0 N–H and O–H groups in total. The van der Waals surface area contributed by atoms with Crippen LogP contribution >= 0.6 is 0 Å². The quantitative estimate of drug-likeness (QED) is 0.408. The molecule has 0 saturated carbocycles. The van der Waals surface area contributed by atoms with Crippen LogP contribution < -0.4 is 4.74 Å². The van der Waals surface area contributed by atoms with Crippen molar-refractivity contribution in [1.29, 1.82) is 0 Å². The smallest absolute Gasteiger partial charge is 0.127 e. The molecule has 0 aliphatic carbocycles. The first kappa shape index (κ1) is 19.0. The van der Waals surface area contributed by atoms with Crippen LogP contribution in [0, 0.1) is 0 Å². The standard InChI is InChI=1S/C26H28O/c1-4-21-15-17-23(18-16-21)26(2,3)19-9-11-22-10-8-14-25(20-22)27-24-12-6-5-7-13-24/h4-8,10,12-18,20H,1,9,11,19H2,2-3H3. The lowest BCUT2D eigenvalue weighted by Gasteiger charge is -2.25. The molecule has 0 aliphatic heterocycles. The molecule has 0 bridgehead atoms. The average Bonchev–Trinajstić information content (AvgIpc) is 2.69. The predicted molar refractivity (Wildman–Crippen MR) is 115 cm³/mol. The molecular weight excluding hydrogens is 328 g/mol. The zero-order valence-corrected chi connectivity index (χ0v) is 16.3. The van der Waals surface area contributed by atoms with Crippen molar-refractivity contribution in [2.45, 2.75) is 38.5 Å². The summed E-state index contributed by atoms with van der Waals surface area (Å²) < 4.78 is 5.95. The fourth-order valence-corrected chi connectivity index (χ4v) is 3.34. The molecule has 0 aliphatic rings. The Kier molecular flexibility index (Phi) is 6.13. The van der Waals surface area contributed by atoms with Gasteiger partial charge in [-0.2, -0.15) is 0 Å². The Morgan fingerprint density at radius 3 is 2.26 bits per heavy atom. The monoisotopic (exact) mass is 356 g/mol. The minimum absolute atomic E-state index is 0.165. The molecule has 0 radical (unpaired) electrons. The molecule has 3 aromatic carbocycles. The summed E-state index contributed by atoms with van der Waals surface area (Å²) in [5, 5.41) is 0. The second kappa shape index (κ2) is 8.73. The van der Waals surface area contributed by atoms with Crippen LogP contribution in [0.4, 0.5) is 0 Å². The first-order chi connectivity index (χ1) is 13.1. The van der Waals surface area contributed by atoms with Crippen molar-refractivity contribution in [3.8, 4) is 11.5 Å². The predicted octanol–water partition coefficient (Wildman–Crippen LogP) is 7.42. The van der Waals surface area contributed by atoms with Crippen molar-refractivity contribution in [2.75, 3.05) is 0 Å². The van der Waals surface area contributed by atoms with Crippen LogP contribution in [0.3, 0.4) is 0 Å². The molecule has 0 saturated heterocycles. The van der Waals surface area contributed by atoms with Gasteiger partial charge in [0.2, 0.25) is 0 Å². The van der Waals surface area contributed by atoms with Crippen LogP contribution in [0.15, 0.2) is 85.4 Å². The molecular formula is C26H28O. The number of benzene rings is 3. The van der Waals surface area contributed by atoms with Gasteiger partial charge in [0.15, 0.2) is 0 Å². The molecule has 0 amide bonds. The van der Waals surface area contributed by atoms with E-state index in [0.29, 0.717) is 0 Å². The van der Waals surface area contributed by atoms with E-state index in [4.69, 9.17) is 4.74 Å². The molecule has 0 aromatic heterocycles. The molecule has 1 heteroatoms. The Balaban J connectivity index is 1.58. The van der Waals surface area contributed by atoms with Crippen LogP contribution in [0.2, 0.25) is 0 Å². The van der Waals surface area contributed by atoms with E-state index in [0.717, 1.165) is 30.8 Å². The third-order valence-electron chi connectivity index (χ3n) is 5.07. The minimum Gasteiger partial charge on any atom is -0.457 e. The first-order valence-corrected chi connectivity index (χ1v) is 9.62. The number of hydrogen-bond donors (Lipinski definition) is 0. The van der Waals surface area contributed by atoms with Gasteiger partial charge in [0.05, 0.1) is 0 Å². The second-order valence-corrected chi connectivity index (χ2v) is 7.63. The van der Waals surface area contributed by atoms with Crippen molar-refractivity contribution in [1.82, 2.24) is 0 Å². The van der Waals surface area contributed by atoms with Crippen molar-refractivity contribution in [3.63, 3.8) is 0 Å². The zero-order valence-electron chi connectivity index (χ0n) is 16.3. The van der Waals surface area contributed by atoms with Gasteiger partial charge in [-0.25, -0.2) is 0 Å². The SMILES string of the molecule is C=Cc1ccc(C(C)(C)CCCc2cccc(Oc3ccccc3)c2)cc1. The number of hydrogen-bond acceptors (Lipinski definition) is 1. The van der Waals surface area contributed by atoms with Crippen LogP contribution in [-0.2, 0) is 11.8 Å². The maximum Gasteiger partial charge on any atom is 0.127 e. The van der Waals surface area contributed by atoms with Crippen LogP contribution in [-0.4, -0.2) is 0 Å². The highest BCUT2D eigenvalue weighted by molar-refractivity contribution is 5.48. The number of aryl methyl sites for hydroxylation is 1. The van der Waals surface area contributed by atoms with E-state index < -0.39 is 0 Å². The van der Waals surface area contributed by atoms with Gasteiger partial charge in [0, 0.05) is 0 Å². The molecule has 1 nitrogen and oxygen atoms in total. The fraction of sp³-hybridized carbons (Fsp3) is 0.231. The van der Waals surface area contributed by atoms with Gasteiger partial charge in [-0.1, -0.05) is 81.1 Å². The average molecular weight is 357 g/mol. The van der Waals surface area contributed by atoms with Crippen LogP contribution in [0.5, 0.6) is 11.5 Å². The Bertz CT molecular complexity index is 860. The second-order valence-electron chi connectivity index (χ2n) is 7.63. The lowest BCUT2D eigenvalue weighted by molar-refractivity contribution is 0.460. The molecule has 138 valence electrons. The molecule has 0 unspecified atom stereocenters. The lowest BCUT2D eigenvalue weighted by atomic mass is 9.79. The van der Waals surface area contributed by atoms with Gasteiger partial charge in [0.1, 0.15) is 11.5 Å². The van der Waals surface area contributed by atoms with E-state index in [-0.39, 0.29) is 5.41 Å². The Labute approximate surface area is 163 Å². The van der Waals surface area contributed by atoms with E-state index in [1.54, 1.807) is 0 Å². The topological polar surface area (TPSA) is 9.23 Å². The van der Waals surface area contributed by atoms with Crippen molar-refractivity contribution < 1.29 is 4.74 Å². The Morgan fingerprint density at radius 2 is 1.56 bits per heavy atom. The van der Waals surface area contributed by atoms with Gasteiger partial charge in [0.25, 0.3) is 0 Å². The molecule has 27 heavy (non-hydrogen) atoms. The summed E-state index contributed by atoms with van der Waals surface area (Å²) in [4.78, 5) is 0. The van der Waals surface area contributed by atoms with Crippen molar-refractivity contribution in [3.05, 3.63) is 102 Å². The highest BCUT2D eigenvalue weighted by atomic mass is 16.5. The maximum atomic E-state index is 5.95. The van der Waals surface area contributed by atoms with Crippen LogP contribution in [0.25, 0.3) is 6.08 Å². The highest BCUT2D eigenvalue weighted by Gasteiger charge is 2.19. The number of rotatable bonds is 8. The van der Waals surface area contributed by atoms with E-state index >= 15 is 0 Å². The summed E-state index contributed by atoms with van der Waals surface area (Å²) in [6.07, 6.45) is 5.23. The normalized spacial score (nSPS) is 11.2. The Hall–Kier alpha value is -2.80. The molecule has 3 rings (SSSR count). The molecule has 0 spiro atoms. The van der Waals surface area contributed by atoms with Gasteiger partial charge in [-0.3, -0.25) is 0 Å². The molecule has 0 heterocycles.